The summed E-state index contributed by atoms with van der Waals surface area (Å²) in [5, 5.41) is 0. The van der Waals surface area contributed by atoms with Gasteiger partial charge in [-0.05, 0) is 36.4 Å². The lowest BCUT2D eigenvalue weighted by Gasteiger charge is -2.09. The zero-order chi connectivity index (χ0) is 16.3. The number of nitrogens with zero attached hydrogens (tertiary/aromatic N) is 3. The molecule has 3 rings (SSSR count). The Morgan fingerprint density at radius 2 is 1.91 bits per heavy atom. The van der Waals surface area contributed by atoms with Crippen molar-refractivity contribution in [3.63, 3.8) is 0 Å². The van der Waals surface area contributed by atoms with Crippen LogP contribution in [0.3, 0.4) is 0 Å². The molecule has 0 aliphatic rings. The smallest absolute Gasteiger partial charge is 0.261 e. The van der Waals surface area contributed by atoms with Crippen LogP contribution in [0.15, 0.2) is 66.2 Å². The van der Waals surface area contributed by atoms with Crippen molar-refractivity contribution in [3.05, 3.63) is 61.3 Å². The average molecular weight is 330 g/mol. The third-order valence-corrected chi connectivity index (χ3v) is 4.54. The number of benzene rings is 1. The fourth-order valence-electron chi connectivity index (χ4n) is 1.96. The van der Waals surface area contributed by atoms with Gasteiger partial charge in [-0.1, -0.05) is 0 Å². The Hall–Kier alpha value is -2.87. The van der Waals surface area contributed by atoms with Gasteiger partial charge in [0.2, 0.25) is 0 Å². The van der Waals surface area contributed by atoms with Crippen LogP contribution in [0.1, 0.15) is 0 Å². The quantitative estimate of drug-likeness (QED) is 0.774. The van der Waals surface area contributed by atoms with E-state index in [2.05, 4.69) is 14.7 Å². The molecule has 7 nitrogen and oxygen atoms in total. The van der Waals surface area contributed by atoms with Gasteiger partial charge in [0.15, 0.2) is 0 Å². The number of methoxy groups -OCH3 is 1. The molecule has 2 heterocycles. The van der Waals surface area contributed by atoms with Crippen LogP contribution in [0.2, 0.25) is 0 Å². The average Bonchev–Trinajstić information content (AvgIpc) is 3.10. The van der Waals surface area contributed by atoms with Crippen LogP contribution in [0.4, 0.5) is 5.69 Å². The van der Waals surface area contributed by atoms with Crippen LogP contribution in [0.25, 0.3) is 5.82 Å². The SMILES string of the molecule is COc1ccc(S(=O)(=O)Nc2ccc(-n3ccnc3)nc2)cc1. The minimum atomic E-state index is -3.67. The van der Waals surface area contributed by atoms with E-state index in [1.165, 1.54) is 25.4 Å². The zero-order valence-electron chi connectivity index (χ0n) is 12.2. The molecule has 0 aliphatic heterocycles. The first-order valence-electron chi connectivity index (χ1n) is 6.70. The van der Waals surface area contributed by atoms with Crippen LogP contribution in [0.5, 0.6) is 5.75 Å². The summed E-state index contributed by atoms with van der Waals surface area (Å²) in [6.07, 6.45) is 6.46. The Bertz CT molecular complexity index is 873. The van der Waals surface area contributed by atoms with Gasteiger partial charge in [0.05, 0.1) is 23.9 Å². The van der Waals surface area contributed by atoms with E-state index in [9.17, 15) is 8.42 Å². The Kier molecular flexibility index (Phi) is 3.98. The van der Waals surface area contributed by atoms with E-state index in [0.29, 0.717) is 17.3 Å². The molecular weight excluding hydrogens is 316 g/mol. The van der Waals surface area contributed by atoms with Crippen molar-refractivity contribution in [3.8, 4) is 11.6 Å². The topological polar surface area (TPSA) is 86.1 Å². The molecule has 0 saturated carbocycles. The van der Waals surface area contributed by atoms with Crippen molar-refractivity contribution in [1.29, 1.82) is 0 Å². The van der Waals surface area contributed by atoms with Crippen molar-refractivity contribution in [2.24, 2.45) is 0 Å². The van der Waals surface area contributed by atoms with E-state index < -0.39 is 10.0 Å². The minimum absolute atomic E-state index is 0.150. The number of anilines is 1. The number of sulfonamides is 1. The highest BCUT2D eigenvalue weighted by Crippen LogP contribution is 2.19. The van der Waals surface area contributed by atoms with Gasteiger partial charge in [-0.15, -0.1) is 0 Å². The molecule has 1 N–H and O–H groups in total. The van der Waals surface area contributed by atoms with Gasteiger partial charge in [-0.25, -0.2) is 18.4 Å². The number of nitrogens with one attached hydrogen (secondary N) is 1. The van der Waals surface area contributed by atoms with Crippen LogP contribution >= 0.6 is 0 Å². The molecule has 0 radical (unpaired) electrons. The minimum Gasteiger partial charge on any atom is -0.497 e. The summed E-state index contributed by atoms with van der Waals surface area (Å²) in [5.74, 6) is 1.24. The van der Waals surface area contributed by atoms with Gasteiger partial charge >= 0.3 is 0 Å². The maximum Gasteiger partial charge on any atom is 0.261 e. The van der Waals surface area contributed by atoms with E-state index in [4.69, 9.17) is 4.74 Å². The largest absolute Gasteiger partial charge is 0.497 e. The summed E-state index contributed by atoms with van der Waals surface area (Å²) in [5.41, 5.74) is 0.379. The van der Waals surface area contributed by atoms with Crippen molar-refractivity contribution in [2.45, 2.75) is 4.90 Å². The summed E-state index contributed by atoms with van der Waals surface area (Å²) < 4.78 is 33.9. The second-order valence-corrected chi connectivity index (χ2v) is 6.34. The molecule has 0 fully saturated rings. The van der Waals surface area contributed by atoms with E-state index >= 15 is 0 Å². The van der Waals surface area contributed by atoms with Crippen molar-refractivity contribution in [1.82, 2.24) is 14.5 Å². The second-order valence-electron chi connectivity index (χ2n) is 4.66. The summed E-state index contributed by atoms with van der Waals surface area (Å²) in [4.78, 5) is 8.29. The molecule has 0 aliphatic carbocycles. The third-order valence-electron chi connectivity index (χ3n) is 3.14. The van der Waals surface area contributed by atoms with Crippen LogP contribution in [0, 0.1) is 0 Å². The summed E-state index contributed by atoms with van der Waals surface area (Å²) in [6, 6.07) is 9.49. The van der Waals surface area contributed by atoms with E-state index in [1.54, 1.807) is 47.6 Å². The number of rotatable bonds is 5. The van der Waals surface area contributed by atoms with Gasteiger partial charge < -0.3 is 4.74 Å². The fraction of sp³-hybridized carbons (Fsp3) is 0.0667. The summed E-state index contributed by atoms with van der Waals surface area (Å²) in [7, 11) is -2.15. The lowest BCUT2D eigenvalue weighted by Crippen LogP contribution is -2.13. The lowest BCUT2D eigenvalue weighted by atomic mass is 10.3. The standard InChI is InChI=1S/C15H14N4O3S/c1-22-13-3-5-14(6-4-13)23(20,21)18-12-2-7-15(17-10-12)19-9-8-16-11-19/h2-11,18H,1H3. The Morgan fingerprint density at radius 3 is 2.48 bits per heavy atom. The Balaban J connectivity index is 1.79. The van der Waals surface area contributed by atoms with Crippen LogP contribution in [-0.4, -0.2) is 30.1 Å². The molecule has 0 atom stereocenters. The zero-order valence-corrected chi connectivity index (χ0v) is 13.1. The van der Waals surface area contributed by atoms with Crippen LogP contribution in [-0.2, 0) is 10.0 Å². The van der Waals surface area contributed by atoms with Crippen molar-refractivity contribution < 1.29 is 13.2 Å². The number of ether oxygens (including phenoxy) is 1. The highest BCUT2D eigenvalue weighted by Gasteiger charge is 2.14. The maximum absolute atomic E-state index is 12.3. The van der Waals surface area contributed by atoms with Crippen LogP contribution < -0.4 is 9.46 Å². The fourth-order valence-corrected chi connectivity index (χ4v) is 3.01. The number of imidazole rings is 1. The molecule has 0 saturated heterocycles. The molecule has 0 bridgehead atoms. The highest BCUT2D eigenvalue weighted by molar-refractivity contribution is 7.92. The van der Waals surface area contributed by atoms with Gasteiger partial charge in [-0.3, -0.25) is 9.29 Å². The van der Waals surface area contributed by atoms with E-state index in [-0.39, 0.29) is 4.90 Å². The molecule has 0 amide bonds. The predicted octanol–water partition coefficient (Wildman–Crippen LogP) is 2.08. The van der Waals surface area contributed by atoms with Gasteiger partial charge in [-0.2, -0.15) is 0 Å². The van der Waals surface area contributed by atoms with Gasteiger partial charge in [0.25, 0.3) is 10.0 Å². The first-order valence-corrected chi connectivity index (χ1v) is 8.18. The van der Waals surface area contributed by atoms with E-state index in [1.807, 2.05) is 0 Å². The van der Waals surface area contributed by atoms with Gasteiger partial charge in [0.1, 0.15) is 17.9 Å². The van der Waals surface area contributed by atoms with Gasteiger partial charge in [0, 0.05) is 12.4 Å². The maximum atomic E-state index is 12.3. The first-order chi connectivity index (χ1) is 11.1. The number of hydrogen-bond acceptors (Lipinski definition) is 5. The van der Waals surface area contributed by atoms with Crippen molar-refractivity contribution in [2.75, 3.05) is 11.8 Å². The monoisotopic (exact) mass is 330 g/mol. The molecule has 0 spiro atoms. The van der Waals surface area contributed by atoms with Crippen molar-refractivity contribution >= 4 is 15.7 Å². The lowest BCUT2D eigenvalue weighted by molar-refractivity contribution is 0.414. The summed E-state index contributed by atoms with van der Waals surface area (Å²) >= 11 is 0. The molecule has 3 aromatic rings. The highest BCUT2D eigenvalue weighted by atomic mass is 32.2. The molecule has 0 unspecified atom stereocenters. The predicted molar refractivity (Wildman–Crippen MR) is 85.2 cm³/mol. The molecule has 118 valence electrons. The third kappa shape index (κ3) is 3.32. The van der Waals surface area contributed by atoms with E-state index in [0.717, 1.165) is 0 Å². The molecular formula is C15H14N4O3S. The number of aromatic nitrogens is 3. The second kappa shape index (κ2) is 6.09. The molecule has 23 heavy (non-hydrogen) atoms. The first kappa shape index (κ1) is 15.0. The Morgan fingerprint density at radius 1 is 1.13 bits per heavy atom. The normalized spacial score (nSPS) is 11.2. The summed E-state index contributed by atoms with van der Waals surface area (Å²) in [6.45, 7) is 0. The number of pyridine rings is 1. The molecule has 2 aromatic heterocycles. The molecule has 8 heteroatoms. The molecule has 1 aromatic carbocycles. The Labute approximate surface area is 133 Å². The number of hydrogen-bond donors (Lipinski definition) is 1.